The van der Waals surface area contributed by atoms with Gasteiger partial charge in [-0.1, -0.05) is 0 Å². The molecule has 112 valence electrons. The maximum Gasteiger partial charge on any atom is 0.243 e. The van der Waals surface area contributed by atoms with Crippen molar-refractivity contribution < 1.29 is 17.5 Å². The highest BCUT2D eigenvalue weighted by Gasteiger charge is 2.38. The zero-order valence-electron chi connectivity index (χ0n) is 11.6. The Labute approximate surface area is 118 Å². The van der Waals surface area contributed by atoms with Crippen LogP contribution in [0.2, 0.25) is 0 Å². The van der Waals surface area contributed by atoms with Crippen LogP contribution in [-0.4, -0.2) is 39.0 Å². The lowest BCUT2D eigenvalue weighted by Crippen LogP contribution is -2.36. The van der Waals surface area contributed by atoms with Gasteiger partial charge in [0, 0.05) is 30.9 Å². The second-order valence-corrected chi connectivity index (χ2v) is 6.85. The maximum atomic E-state index is 13.7. The molecule has 0 radical (unpaired) electrons. The van der Waals surface area contributed by atoms with Crippen LogP contribution in [-0.2, 0) is 14.8 Å². The Kier molecular flexibility index (Phi) is 4.31. The molecule has 1 saturated carbocycles. The molecule has 5 nitrogen and oxygen atoms in total. The molecule has 1 aromatic rings. The summed E-state index contributed by atoms with van der Waals surface area (Å²) >= 11 is 0. The summed E-state index contributed by atoms with van der Waals surface area (Å²) in [6.45, 7) is 2.09. The Bertz CT molecular complexity index is 577. The first-order valence-electron chi connectivity index (χ1n) is 6.44. The molecule has 20 heavy (non-hydrogen) atoms. The van der Waals surface area contributed by atoms with Gasteiger partial charge in [0.15, 0.2) is 0 Å². The van der Waals surface area contributed by atoms with E-state index in [0.29, 0.717) is 6.61 Å². The third kappa shape index (κ3) is 2.94. The van der Waals surface area contributed by atoms with E-state index in [2.05, 4.69) is 0 Å². The van der Waals surface area contributed by atoms with Crippen LogP contribution in [0.15, 0.2) is 17.0 Å². The number of nitrogens with zero attached hydrogens (tertiary/aromatic N) is 1. The lowest BCUT2D eigenvalue weighted by atomic mass is 10.2. The molecule has 0 bridgehead atoms. The minimum atomic E-state index is -3.74. The number of ether oxygens (including phenoxy) is 1. The fraction of sp³-hybridized carbons (Fsp3) is 0.538. The standard InChI is InChI=1S/C13H19FN2O3S/c1-9-12(14)7-11(8-13(9)15)20(17,18)16(5-6-19-2)10-3-4-10/h7-8,10H,3-6,15H2,1-2H3. The zero-order valence-corrected chi connectivity index (χ0v) is 12.4. The number of hydrogen-bond donors (Lipinski definition) is 1. The highest BCUT2D eigenvalue weighted by molar-refractivity contribution is 7.89. The summed E-state index contributed by atoms with van der Waals surface area (Å²) in [4.78, 5) is -0.0962. The van der Waals surface area contributed by atoms with Crippen LogP contribution >= 0.6 is 0 Å². The first kappa shape index (κ1) is 15.2. The normalized spacial score (nSPS) is 15.8. The highest BCUT2D eigenvalue weighted by atomic mass is 32.2. The molecule has 0 atom stereocenters. The topological polar surface area (TPSA) is 72.6 Å². The second kappa shape index (κ2) is 5.67. The second-order valence-electron chi connectivity index (χ2n) is 4.96. The van der Waals surface area contributed by atoms with E-state index in [1.54, 1.807) is 0 Å². The van der Waals surface area contributed by atoms with Gasteiger partial charge in [-0.3, -0.25) is 0 Å². The van der Waals surface area contributed by atoms with Crippen molar-refractivity contribution in [2.75, 3.05) is 26.0 Å². The van der Waals surface area contributed by atoms with Crippen molar-refractivity contribution in [1.29, 1.82) is 0 Å². The Morgan fingerprint density at radius 1 is 1.45 bits per heavy atom. The Morgan fingerprint density at radius 2 is 2.10 bits per heavy atom. The molecule has 1 aliphatic carbocycles. The van der Waals surface area contributed by atoms with Crippen LogP contribution < -0.4 is 5.73 Å². The van der Waals surface area contributed by atoms with Crippen LogP contribution in [0.1, 0.15) is 18.4 Å². The summed E-state index contributed by atoms with van der Waals surface area (Å²) in [6, 6.07) is 2.33. The fourth-order valence-electron chi connectivity index (χ4n) is 2.00. The average molecular weight is 302 g/mol. The molecule has 0 aliphatic heterocycles. The molecule has 0 heterocycles. The van der Waals surface area contributed by atoms with Gasteiger partial charge in [-0.25, -0.2) is 12.8 Å². The van der Waals surface area contributed by atoms with Crippen molar-refractivity contribution in [3.05, 3.63) is 23.5 Å². The SMILES string of the molecule is COCCN(C1CC1)S(=O)(=O)c1cc(N)c(C)c(F)c1. The number of halogens is 1. The van der Waals surface area contributed by atoms with Crippen molar-refractivity contribution >= 4 is 15.7 Å². The highest BCUT2D eigenvalue weighted by Crippen LogP contribution is 2.33. The molecule has 0 spiro atoms. The van der Waals surface area contributed by atoms with Crippen LogP contribution in [0.4, 0.5) is 10.1 Å². The van der Waals surface area contributed by atoms with E-state index in [1.807, 2.05) is 0 Å². The van der Waals surface area contributed by atoms with E-state index >= 15 is 0 Å². The number of nitrogen functional groups attached to an aromatic ring is 1. The minimum Gasteiger partial charge on any atom is -0.398 e. The number of hydrogen-bond acceptors (Lipinski definition) is 4. The lowest BCUT2D eigenvalue weighted by Gasteiger charge is -2.22. The van der Waals surface area contributed by atoms with Gasteiger partial charge in [0.05, 0.1) is 11.5 Å². The van der Waals surface area contributed by atoms with E-state index in [9.17, 15) is 12.8 Å². The van der Waals surface area contributed by atoms with Crippen molar-refractivity contribution in [3.8, 4) is 0 Å². The van der Waals surface area contributed by atoms with Crippen LogP contribution in [0.3, 0.4) is 0 Å². The molecule has 1 fully saturated rings. The smallest absolute Gasteiger partial charge is 0.243 e. The molecular weight excluding hydrogens is 283 g/mol. The van der Waals surface area contributed by atoms with Gasteiger partial charge in [-0.05, 0) is 31.9 Å². The first-order chi connectivity index (χ1) is 9.37. The van der Waals surface area contributed by atoms with Gasteiger partial charge in [0.1, 0.15) is 5.82 Å². The van der Waals surface area contributed by atoms with Gasteiger partial charge in [-0.2, -0.15) is 4.31 Å². The summed E-state index contributed by atoms with van der Waals surface area (Å²) in [5.41, 5.74) is 6.07. The van der Waals surface area contributed by atoms with Gasteiger partial charge in [-0.15, -0.1) is 0 Å². The molecule has 0 unspecified atom stereocenters. The van der Waals surface area contributed by atoms with Crippen LogP contribution in [0, 0.1) is 12.7 Å². The van der Waals surface area contributed by atoms with Crippen LogP contribution in [0.25, 0.3) is 0 Å². The van der Waals surface area contributed by atoms with E-state index < -0.39 is 15.8 Å². The number of benzene rings is 1. The molecular formula is C13H19FN2O3S. The number of methoxy groups -OCH3 is 1. The number of rotatable bonds is 6. The van der Waals surface area contributed by atoms with E-state index in [-0.39, 0.29) is 28.7 Å². The van der Waals surface area contributed by atoms with Gasteiger partial charge >= 0.3 is 0 Å². The fourth-order valence-corrected chi connectivity index (χ4v) is 3.72. The van der Waals surface area contributed by atoms with Gasteiger partial charge in [0.25, 0.3) is 0 Å². The lowest BCUT2D eigenvalue weighted by molar-refractivity contribution is 0.177. The largest absolute Gasteiger partial charge is 0.398 e. The number of sulfonamides is 1. The quantitative estimate of drug-likeness (QED) is 0.809. The van der Waals surface area contributed by atoms with E-state index in [1.165, 1.54) is 24.4 Å². The molecule has 2 rings (SSSR count). The Morgan fingerprint density at radius 3 is 2.60 bits per heavy atom. The van der Waals surface area contributed by atoms with E-state index in [4.69, 9.17) is 10.5 Å². The molecule has 1 aliphatic rings. The molecule has 0 amide bonds. The minimum absolute atomic E-state index is 0.0132. The van der Waals surface area contributed by atoms with Crippen molar-refractivity contribution in [3.63, 3.8) is 0 Å². The third-order valence-electron chi connectivity index (χ3n) is 3.43. The van der Waals surface area contributed by atoms with Crippen LogP contribution in [0.5, 0.6) is 0 Å². The first-order valence-corrected chi connectivity index (χ1v) is 7.88. The Hall–Kier alpha value is -1.18. The molecule has 0 aromatic heterocycles. The van der Waals surface area contributed by atoms with Crippen molar-refractivity contribution in [1.82, 2.24) is 4.31 Å². The molecule has 0 saturated heterocycles. The summed E-state index contributed by atoms with van der Waals surface area (Å²) < 4.78 is 45.2. The van der Waals surface area contributed by atoms with Gasteiger partial charge < -0.3 is 10.5 Å². The number of nitrogens with two attached hydrogens (primary N) is 1. The van der Waals surface area contributed by atoms with Crippen molar-refractivity contribution in [2.45, 2.75) is 30.7 Å². The summed E-state index contributed by atoms with van der Waals surface area (Å²) in [5.74, 6) is -0.605. The Balaban J connectivity index is 2.37. The molecule has 7 heteroatoms. The predicted octanol–water partition coefficient (Wildman–Crippen LogP) is 1.52. The van der Waals surface area contributed by atoms with E-state index in [0.717, 1.165) is 18.9 Å². The summed E-state index contributed by atoms with van der Waals surface area (Å²) in [6.07, 6.45) is 1.65. The maximum absolute atomic E-state index is 13.7. The molecule has 1 aromatic carbocycles. The summed E-state index contributed by atoms with van der Waals surface area (Å²) in [7, 11) is -2.22. The molecule has 2 N–H and O–H groups in total. The zero-order chi connectivity index (χ0) is 14.9. The predicted molar refractivity (Wildman–Crippen MR) is 74.3 cm³/mol. The third-order valence-corrected chi connectivity index (χ3v) is 5.36. The van der Waals surface area contributed by atoms with Crippen molar-refractivity contribution in [2.24, 2.45) is 0 Å². The monoisotopic (exact) mass is 302 g/mol. The summed E-state index contributed by atoms with van der Waals surface area (Å²) in [5, 5.41) is 0. The van der Waals surface area contributed by atoms with Gasteiger partial charge in [0.2, 0.25) is 10.0 Å². The average Bonchev–Trinajstić information content (AvgIpc) is 3.20. The number of anilines is 1.